The number of ether oxygens (including phenoxy) is 2. The van der Waals surface area contributed by atoms with Crippen LogP contribution in [0.15, 0.2) is 6.07 Å². The number of esters is 2. The Morgan fingerprint density at radius 2 is 2.00 bits per heavy atom. The predicted octanol–water partition coefficient (Wildman–Crippen LogP) is 0.651. The Balaban J connectivity index is 2.46. The molecule has 0 aliphatic rings. The van der Waals surface area contributed by atoms with Crippen LogP contribution >= 0.6 is 0 Å². The molecule has 0 saturated heterocycles. The van der Waals surface area contributed by atoms with Gasteiger partial charge < -0.3 is 9.47 Å². The van der Waals surface area contributed by atoms with E-state index in [0.29, 0.717) is 0 Å². The maximum absolute atomic E-state index is 12.0. The summed E-state index contributed by atoms with van der Waals surface area (Å²) in [5.74, 6) is -1.30. The van der Waals surface area contributed by atoms with Crippen molar-refractivity contribution in [2.75, 3.05) is 6.61 Å². The molecule has 0 saturated carbocycles. The van der Waals surface area contributed by atoms with Gasteiger partial charge >= 0.3 is 11.9 Å². The van der Waals surface area contributed by atoms with Gasteiger partial charge in [0.2, 0.25) is 0 Å². The SMILES string of the molecule is CCOC(=O)c1cc(C(=O)OC(C)(C)C)nc2nnnn12. The normalized spacial score (nSPS) is 11.4. The van der Waals surface area contributed by atoms with Gasteiger partial charge in [-0.1, -0.05) is 5.10 Å². The molecule has 0 unspecified atom stereocenters. The Kier molecular flexibility index (Phi) is 3.83. The highest BCUT2D eigenvalue weighted by atomic mass is 16.6. The molecule has 0 aliphatic heterocycles. The monoisotopic (exact) mass is 293 g/mol. The van der Waals surface area contributed by atoms with E-state index in [1.807, 2.05) is 0 Å². The van der Waals surface area contributed by atoms with Crippen molar-refractivity contribution >= 4 is 17.7 Å². The van der Waals surface area contributed by atoms with Crippen LogP contribution in [0.25, 0.3) is 5.78 Å². The van der Waals surface area contributed by atoms with Gasteiger partial charge in [-0.25, -0.2) is 14.6 Å². The number of nitrogens with zero attached hydrogens (tertiary/aromatic N) is 5. The lowest BCUT2D eigenvalue weighted by molar-refractivity contribution is 0.00629. The molecule has 21 heavy (non-hydrogen) atoms. The molecule has 2 aromatic rings. The van der Waals surface area contributed by atoms with Crippen LogP contribution in [0, 0.1) is 0 Å². The van der Waals surface area contributed by atoms with E-state index < -0.39 is 17.5 Å². The molecule has 0 amide bonds. The molecule has 2 rings (SSSR count). The number of carbonyl (C=O) groups is 2. The third-order valence-corrected chi connectivity index (χ3v) is 2.27. The highest BCUT2D eigenvalue weighted by Gasteiger charge is 2.23. The fourth-order valence-corrected chi connectivity index (χ4v) is 1.52. The summed E-state index contributed by atoms with van der Waals surface area (Å²) in [6, 6.07) is 1.25. The lowest BCUT2D eigenvalue weighted by atomic mass is 10.2. The lowest BCUT2D eigenvalue weighted by Gasteiger charge is -2.19. The van der Waals surface area contributed by atoms with E-state index >= 15 is 0 Å². The molecule has 2 heterocycles. The second-order valence-electron chi connectivity index (χ2n) is 5.14. The Morgan fingerprint density at radius 3 is 2.62 bits per heavy atom. The highest BCUT2D eigenvalue weighted by Crippen LogP contribution is 2.13. The number of fused-ring (bicyclic) bond motifs is 1. The van der Waals surface area contributed by atoms with Crippen LogP contribution in [-0.2, 0) is 9.47 Å². The molecule has 0 atom stereocenters. The third kappa shape index (κ3) is 3.30. The molecule has 0 spiro atoms. The van der Waals surface area contributed by atoms with E-state index in [-0.39, 0.29) is 23.8 Å². The van der Waals surface area contributed by atoms with Gasteiger partial charge in [0.25, 0.3) is 5.78 Å². The summed E-state index contributed by atoms with van der Waals surface area (Å²) in [5.41, 5.74) is -0.732. The average Bonchev–Trinajstić information content (AvgIpc) is 2.83. The van der Waals surface area contributed by atoms with Crippen molar-refractivity contribution < 1.29 is 19.1 Å². The number of tetrazole rings is 1. The van der Waals surface area contributed by atoms with Crippen molar-refractivity contribution in [2.45, 2.75) is 33.3 Å². The second kappa shape index (κ2) is 5.43. The largest absolute Gasteiger partial charge is 0.461 e. The Morgan fingerprint density at radius 1 is 1.29 bits per heavy atom. The molecule has 0 aliphatic carbocycles. The smallest absolute Gasteiger partial charge is 0.357 e. The molecule has 0 bridgehead atoms. The number of hydrogen-bond donors (Lipinski definition) is 0. The Hall–Kier alpha value is -2.58. The summed E-state index contributed by atoms with van der Waals surface area (Å²) >= 11 is 0. The van der Waals surface area contributed by atoms with Gasteiger partial charge in [0.05, 0.1) is 6.61 Å². The molecule has 112 valence electrons. The average molecular weight is 293 g/mol. The zero-order valence-corrected chi connectivity index (χ0v) is 12.2. The summed E-state index contributed by atoms with van der Waals surface area (Å²) in [7, 11) is 0. The zero-order valence-electron chi connectivity index (χ0n) is 12.2. The van der Waals surface area contributed by atoms with Crippen molar-refractivity contribution in [1.29, 1.82) is 0 Å². The summed E-state index contributed by atoms with van der Waals surface area (Å²) in [4.78, 5) is 27.9. The van der Waals surface area contributed by atoms with Gasteiger partial charge in [0, 0.05) is 6.07 Å². The number of rotatable bonds is 3. The first-order valence-electron chi connectivity index (χ1n) is 6.31. The van der Waals surface area contributed by atoms with Gasteiger partial charge in [0.15, 0.2) is 11.4 Å². The van der Waals surface area contributed by atoms with Gasteiger partial charge in [-0.05, 0) is 38.1 Å². The van der Waals surface area contributed by atoms with Gasteiger partial charge in [-0.3, -0.25) is 0 Å². The zero-order chi connectivity index (χ0) is 15.6. The molecule has 2 aromatic heterocycles. The molecular formula is C12H15N5O4. The first kappa shape index (κ1) is 14.8. The van der Waals surface area contributed by atoms with Crippen LogP contribution in [0.2, 0.25) is 0 Å². The summed E-state index contributed by atoms with van der Waals surface area (Å²) in [6.45, 7) is 7.05. The summed E-state index contributed by atoms with van der Waals surface area (Å²) in [5, 5.41) is 10.7. The summed E-state index contributed by atoms with van der Waals surface area (Å²) < 4.78 is 11.2. The van der Waals surface area contributed by atoms with E-state index in [4.69, 9.17) is 9.47 Å². The van der Waals surface area contributed by atoms with Crippen molar-refractivity contribution in [1.82, 2.24) is 25.0 Å². The van der Waals surface area contributed by atoms with E-state index in [9.17, 15) is 9.59 Å². The number of carbonyl (C=O) groups excluding carboxylic acids is 2. The second-order valence-corrected chi connectivity index (χ2v) is 5.14. The van der Waals surface area contributed by atoms with Crippen LogP contribution < -0.4 is 0 Å². The maximum atomic E-state index is 12.0. The first-order chi connectivity index (χ1) is 9.81. The minimum absolute atomic E-state index is 0.00714. The molecular weight excluding hydrogens is 278 g/mol. The van der Waals surface area contributed by atoms with Crippen molar-refractivity contribution in [3.8, 4) is 0 Å². The molecule has 0 N–H and O–H groups in total. The fourth-order valence-electron chi connectivity index (χ4n) is 1.52. The topological polar surface area (TPSA) is 109 Å². The van der Waals surface area contributed by atoms with E-state index in [2.05, 4.69) is 20.5 Å². The minimum atomic E-state index is -0.680. The van der Waals surface area contributed by atoms with Crippen LogP contribution in [0.5, 0.6) is 0 Å². The van der Waals surface area contributed by atoms with Crippen LogP contribution in [0.3, 0.4) is 0 Å². The number of aromatic nitrogens is 5. The van der Waals surface area contributed by atoms with Gasteiger partial charge in [-0.15, -0.1) is 0 Å². The quantitative estimate of drug-likeness (QED) is 0.759. The predicted molar refractivity (Wildman–Crippen MR) is 69.7 cm³/mol. The molecule has 0 radical (unpaired) electrons. The van der Waals surface area contributed by atoms with Gasteiger partial charge in [-0.2, -0.15) is 4.52 Å². The van der Waals surface area contributed by atoms with E-state index in [1.165, 1.54) is 6.07 Å². The molecule has 0 fully saturated rings. The molecule has 9 heteroatoms. The van der Waals surface area contributed by atoms with Gasteiger partial charge in [0.1, 0.15) is 5.60 Å². The third-order valence-electron chi connectivity index (χ3n) is 2.27. The fraction of sp³-hybridized carbons (Fsp3) is 0.500. The Labute approximate surface area is 120 Å². The molecule has 0 aromatic carbocycles. The minimum Gasteiger partial charge on any atom is -0.461 e. The maximum Gasteiger partial charge on any atom is 0.357 e. The first-order valence-corrected chi connectivity index (χ1v) is 6.31. The molecule has 9 nitrogen and oxygen atoms in total. The van der Waals surface area contributed by atoms with Crippen molar-refractivity contribution in [2.24, 2.45) is 0 Å². The number of hydrogen-bond acceptors (Lipinski definition) is 8. The van der Waals surface area contributed by atoms with Crippen LogP contribution in [0.4, 0.5) is 0 Å². The van der Waals surface area contributed by atoms with Crippen LogP contribution in [-0.4, -0.2) is 49.2 Å². The highest BCUT2D eigenvalue weighted by molar-refractivity contribution is 5.93. The lowest BCUT2D eigenvalue weighted by Crippen LogP contribution is -2.25. The van der Waals surface area contributed by atoms with E-state index in [1.54, 1.807) is 27.7 Å². The standard InChI is InChI=1S/C12H15N5O4/c1-5-20-10(19)8-6-7(9(18)21-12(2,3)4)13-11-14-15-16-17(8)11/h6H,5H2,1-4H3. The van der Waals surface area contributed by atoms with E-state index in [0.717, 1.165) is 4.52 Å². The Bertz CT molecular complexity index is 689. The van der Waals surface area contributed by atoms with Crippen LogP contribution in [0.1, 0.15) is 48.7 Å². The summed E-state index contributed by atoms with van der Waals surface area (Å²) in [6.07, 6.45) is 0. The van der Waals surface area contributed by atoms with Crippen molar-refractivity contribution in [3.05, 3.63) is 17.5 Å². The van der Waals surface area contributed by atoms with Crippen molar-refractivity contribution in [3.63, 3.8) is 0 Å².